The summed E-state index contributed by atoms with van der Waals surface area (Å²) in [7, 11) is 1.28. The van der Waals surface area contributed by atoms with E-state index < -0.39 is 11.9 Å². The van der Waals surface area contributed by atoms with Crippen LogP contribution < -0.4 is 5.32 Å². The zero-order valence-corrected chi connectivity index (χ0v) is 16.0. The van der Waals surface area contributed by atoms with Gasteiger partial charge in [0.15, 0.2) is 5.69 Å². The third kappa shape index (κ3) is 3.66. The first kappa shape index (κ1) is 19.0. The molecule has 4 rings (SSSR count). The van der Waals surface area contributed by atoms with Crippen molar-refractivity contribution in [2.45, 2.75) is 0 Å². The average Bonchev–Trinajstić information content (AvgIpc) is 3.25. The number of anilines is 1. The first-order valence-corrected chi connectivity index (χ1v) is 9.10. The predicted octanol–water partition coefficient (Wildman–Crippen LogP) is 3.37. The van der Waals surface area contributed by atoms with Crippen molar-refractivity contribution in [1.29, 1.82) is 0 Å². The number of nitrogens with one attached hydrogen (secondary N) is 1. The van der Waals surface area contributed by atoms with E-state index in [9.17, 15) is 9.59 Å². The van der Waals surface area contributed by atoms with E-state index in [0.29, 0.717) is 17.1 Å². The Morgan fingerprint density at radius 2 is 1.67 bits per heavy atom. The lowest BCUT2D eigenvalue weighted by molar-refractivity contribution is 0.0602. The fourth-order valence-corrected chi connectivity index (χ4v) is 2.98. The fourth-order valence-electron chi connectivity index (χ4n) is 2.98. The van der Waals surface area contributed by atoms with E-state index in [1.807, 2.05) is 36.4 Å². The number of aromatic nitrogens is 4. The highest BCUT2D eigenvalue weighted by Crippen LogP contribution is 2.25. The number of ether oxygens (including phenoxy) is 1. The van der Waals surface area contributed by atoms with E-state index >= 15 is 0 Å². The van der Waals surface area contributed by atoms with E-state index in [1.165, 1.54) is 7.11 Å². The van der Waals surface area contributed by atoms with Crippen LogP contribution in [-0.2, 0) is 4.74 Å². The molecular weight excluding hydrogens is 382 g/mol. The Morgan fingerprint density at radius 1 is 0.933 bits per heavy atom. The number of pyridine rings is 1. The number of nitrogens with zero attached hydrogens (tertiary/aromatic N) is 4. The molecule has 0 saturated heterocycles. The number of benzene rings is 2. The second-order valence-electron chi connectivity index (χ2n) is 6.24. The maximum Gasteiger partial charge on any atom is 0.339 e. The molecule has 2 aromatic carbocycles. The van der Waals surface area contributed by atoms with Crippen molar-refractivity contribution < 1.29 is 14.3 Å². The molecule has 0 aliphatic heterocycles. The molecule has 1 amide bonds. The summed E-state index contributed by atoms with van der Waals surface area (Å²) in [6.07, 6.45) is 1.63. The summed E-state index contributed by atoms with van der Waals surface area (Å²) in [5.74, 6) is -1.07. The number of carbonyl (C=O) groups is 2. The van der Waals surface area contributed by atoms with Crippen molar-refractivity contribution in [3.63, 3.8) is 0 Å². The van der Waals surface area contributed by atoms with E-state index in [2.05, 4.69) is 20.6 Å². The first-order valence-electron chi connectivity index (χ1n) is 9.10. The van der Waals surface area contributed by atoms with Crippen LogP contribution in [0.5, 0.6) is 0 Å². The summed E-state index contributed by atoms with van der Waals surface area (Å²) < 4.78 is 6.35. The summed E-state index contributed by atoms with van der Waals surface area (Å²) in [6, 6.07) is 21.3. The zero-order valence-electron chi connectivity index (χ0n) is 16.0. The van der Waals surface area contributed by atoms with Crippen LogP contribution >= 0.6 is 0 Å². The average molecular weight is 399 g/mol. The Balaban J connectivity index is 1.78. The lowest BCUT2D eigenvalue weighted by atomic mass is 10.1. The number of carbonyl (C=O) groups excluding carboxylic acids is 2. The maximum absolute atomic E-state index is 13.1. The van der Waals surface area contributed by atoms with Gasteiger partial charge < -0.3 is 10.1 Å². The van der Waals surface area contributed by atoms with Crippen molar-refractivity contribution >= 4 is 17.6 Å². The van der Waals surface area contributed by atoms with Gasteiger partial charge >= 0.3 is 5.97 Å². The highest BCUT2D eigenvalue weighted by atomic mass is 16.5. The van der Waals surface area contributed by atoms with Gasteiger partial charge in [-0.05, 0) is 36.4 Å². The monoisotopic (exact) mass is 399 g/mol. The molecule has 0 spiro atoms. The van der Waals surface area contributed by atoms with Crippen LogP contribution in [0, 0.1) is 0 Å². The molecule has 1 N–H and O–H groups in total. The highest BCUT2D eigenvalue weighted by Gasteiger charge is 2.24. The minimum absolute atomic E-state index is 0.0808. The van der Waals surface area contributed by atoms with Crippen LogP contribution in [0.4, 0.5) is 5.69 Å². The van der Waals surface area contributed by atoms with Gasteiger partial charge in [0.25, 0.3) is 5.91 Å². The molecule has 0 radical (unpaired) electrons. The normalized spacial score (nSPS) is 10.4. The molecule has 8 nitrogen and oxygen atoms in total. The Hall–Kier alpha value is -4.33. The minimum atomic E-state index is -0.552. The van der Waals surface area contributed by atoms with Gasteiger partial charge in [0, 0.05) is 6.20 Å². The third-order valence-electron chi connectivity index (χ3n) is 4.37. The first-order chi connectivity index (χ1) is 14.7. The van der Waals surface area contributed by atoms with E-state index in [1.54, 1.807) is 47.3 Å². The molecule has 8 heteroatoms. The summed E-state index contributed by atoms with van der Waals surface area (Å²) in [5.41, 5.74) is 2.35. The molecule has 0 saturated carbocycles. The van der Waals surface area contributed by atoms with E-state index in [0.717, 1.165) is 5.69 Å². The van der Waals surface area contributed by atoms with Crippen LogP contribution in [0.25, 0.3) is 17.1 Å². The lowest BCUT2D eigenvalue weighted by Gasteiger charge is -2.10. The molecular formula is C22H17N5O3. The third-order valence-corrected chi connectivity index (χ3v) is 4.37. The fraction of sp³-hybridized carbons (Fsp3) is 0.0455. The molecule has 30 heavy (non-hydrogen) atoms. The molecule has 4 aromatic rings. The predicted molar refractivity (Wildman–Crippen MR) is 110 cm³/mol. The quantitative estimate of drug-likeness (QED) is 0.517. The Bertz CT molecular complexity index is 1190. The largest absolute Gasteiger partial charge is 0.465 e. The zero-order chi connectivity index (χ0) is 20.9. The molecule has 2 heterocycles. The van der Waals surface area contributed by atoms with Crippen LogP contribution in [0.3, 0.4) is 0 Å². The molecule has 0 aliphatic rings. The van der Waals surface area contributed by atoms with Gasteiger partial charge in [0.1, 0.15) is 5.69 Å². The van der Waals surface area contributed by atoms with Gasteiger partial charge in [-0.1, -0.05) is 41.6 Å². The standard InChI is InChI=1S/C22H17N5O3/c1-30-22(29)16-11-5-6-12-17(16)24-21(28)19-20(18-13-7-8-14-23-18)27(26-25-19)15-9-3-2-4-10-15/h2-14H,1H3,(H,24,28). The molecule has 148 valence electrons. The summed E-state index contributed by atoms with van der Waals surface area (Å²) >= 11 is 0. The molecule has 0 aliphatic carbocycles. The van der Waals surface area contributed by atoms with E-state index in [4.69, 9.17) is 4.74 Å². The molecule has 2 aromatic heterocycles. The van der Waals surface area contributed by atoms with Crippen molar-refractivity contribution in [2.75, 3.05) is 12.4 Å². The van der Waals surface area contributed by atoms with Gasteiger partial charge in [-0.25, -0.2) is 9.48 Å². The van der Waals surface area contributed by atoms with Crippen molar-refractivity contribution in [1.82, 2.24) is 20.0 Å². The van der Waals surface area contributed by atoms with Crippen LogP contribution in [0.15, 0.2) is 79.0 Å². The molecule has 0 fully saturated rings. The number of hydrogen-bond donors (Lipinski definition) is 1. The van der Waals surface area contributed by atoms with Gasteiger partial charge in [-0.15, -0.1) is 5.10 Å². The topological polar surface area (TPSA) is 99.0 Å². The Labute approximate surface area is 172 Å². The second kappa shape index (κ2) is 8.36. The molecule has 0 bridgehead atoms. The number of hydrogen-bond acceptors (Lipinski definition) is 6. The number of para-hydroxylation sites is 2. The number of esters is 1. The smallest absolute Gasteiger partial charge is 0.339 e. The summed E-state index contributed by atoms with van der Waals surface area (Å²) in [6.45, 7) is 0. The van der Waals surface area contributed by atoms with Crippen molar-refractivity contribution in [2.24, 2.45) is 0 Å². The molecule has 0 unspecified atom stereocenters. The van der Waals surface area contributed by atoms with Crippen molar-refractivity contribution in [3.8, 4) is 17.1 Å². The maximum atomic E-state index is 13.1. The number of amides is 1. The minimum Gasteiger partial charge on any atom is -0.465 e. The number of methoxy groups -OCH3 is 1. The SMILES string of the molecule is COC(=O)c1ccccc1NC(=O)c1nnn(-c2ccccc2)c1-c1ccccn1. The highest BCUT2D eigenvalue weighted by molar-refractivity contribution is 6.09. The van der Waals surface area contributed by atoms with Crippen LogP contribution in [0.1, 0.15) is 20.8 Å². The van der Waals surface area contributed by atoms with Crippen molar-refractivity contribution in [3.05, 3.63) is 90.3 Å². The summed E-state index contributed by atoms with van der Waals surface area (Å²) in [4.78, 5) is 29.5. The van der Waals surface area contributed by atoms with Crippen LogP contribution in [0.2, 0.25) is 0 Å². The lowest BCUT2D eigenvalue weighted by Crippen LogP contribution is -2.17. The van der Waals surface area contributed by atoms with Crippen LogP contribution in [-0.4, -0.2) is 39.0 Å². The van der Waals surface area contributed by atoms with E-state index in [-0.39, 0.29) is 11.3 Å². The van der Waals surface area contributed by atoms with Gasteiger partial charge in [0.2, 0.25) is 0 Å². The van der Waals surface area contributed by atoms with Gasteiger partial charge in [0.05, 0.1) is 29.7 Å². The molecule has 0 atom stereocenters. The van der Waals surface area contributed by atoms with Gasteiger partial charge in [-0.2, -0.15) is 0 Å². The summed E-state index contributed by atoms with van der Waals surface area (Å²) in [5, 5.41) is 11.0. The Kier molecular flexibility index (Phi) is 5.29. The number of rotatable bonds is 5. The van der Waals surface area contributed by atoms with Gasteiger partial charge in [-0.3, -0.25) is 9.78 Å². The Morgan fingerprint density at radius 3 is 2.40 bits per heavy atom. The second-order valence-corrected chi connectivity index (χ2v) is 6.24.